The monoisotopic (exact) mass is 515 g/mol. The molecule has 0 N–H and O–H groups in total. The Labute approximate surface area is 230 Å². The molecule has 7 rings (SSSR count). The molecule has 1 nitrogen and oxygen atoms in total. The van der Waals surface area contributed by atoms with Gasteiger partial charge in [0.2, 0.25) is 0 Å². The first-order chi connectivity index (χ1) is 19.3. The van der Waals surface area contributed by atoms with E-state index in [-0.39, 0.29) is 0 Å². The van der Waals surface area contributed by atoms with Crippen LogP contribution in [0.4, 0.5) is 0 Å². The fourth-order valence-corrected chi connectivity index (χ4v) is 11.1. The van der Waals surface area contributed by atoms with E-state index in [1.54, 1.807) is 0 Å². The minimum absolute atomic E-state index is 1.19. The van der Waals surface area contributed by atoms with Crippen LogP contribution in [0.5, 0.6) is 0 Å². The maximum atomic E-state index is 2.50. The van der Waals surface area contributed by atoms with E-state index in [2.05, 4.69) is 169 Å². The Balaban J connectivity index is 1.62. The van der Waals surface area contributed by atoms with E-state index in [9.17, 15) is 0 Å². The highest BCUT2D eigenvalue weighted by atomic mass is 28.3. The fraction of sp³-hybridized carbons (Fsp3) is 0.0270. The number of rotatable bonds is 5. The van der Waals surface area contributed by atoms with Gasteiger partial charge in [-0.3, -0.25) is 0 Å². The number of hydrogen-bond acceptors (Lipinski definition) is 0. The molecule has 0 amide bonds. The number of nitrogens with zero attached hydrogens (tertiary/aromatic N) is 1. The van der Waals surface area contributed by atoms with Gasteiger partial charge in [0.25, 0.3) is 0 Å². The lowest BCUT2D eigenvalue weighted by Gasteiger charge is -2.47. The van der Waals surface area contributed by atoms with Crippen LogP contribution in [0, 0.1) is 6.92 Å². The highest BCUT2D eigenvalue weighted by Crippen LogP contribution is 2.32. The van der Waals surface area contributed by atoms with Crippen molar-refractivity contribution in [2.24, 2.45) is 0 Å². The average Bonchev–Trinajstić information content (AvgIpc) is 3.33. The lowest BCUT2D eigenvalue weighted by atomic mass is 10.1. The molecule has 0 spiro atoms. The van der Waals surface area contributed by atoms with Gasteiger partial charge in [-0.1, -0.05) is 133 Å². The van der Waals surface area contributed by atoms with E-state index >= 15 is 0 Å². The quantitative estimate of drug-likeness (QED) is 0.183. The Kier molecular flexibility index (Phi) is 5.76. The summed E-state index contributed by atoms with van der Waals surface area (Å²) < 4.78 is 2.41. The molecule has 2 heteroatoms. The molecule has 7 aromatic rings. The molecular formula is C37H29NSi-. The van der Waals surface area contributed by atoms with Gasteiger partial charge in [0.1, 0.15) is 0 Å². The van der Waals surface area contributed by atoms with Crippen LogP contribution >= 0.6 is 0 Å². The standard InChI is InChI=1S/C37H29NSi/c1-28-22-24-36-34(26-28)35-27-33(23-25-37(35)38(36)29-14-6-2-7-15-29)39(30-16-8-3-9-17-30,31-18-10-4-11-19-31)32-20-12-5-13-21-32/h2-27H,1H3/q-1. The SMILES string of the molecule is Cc1ccc2c(c1)c1cc([Si-](c3ccccc3)(c3ccccc3)c3ccccc3)ccc1n2-c1ccccc1. The van der Waals surface area contributed by atoms with Gasteiger partial charge >= 0.3 is 0 Å². The fourth-order valence-electron chi connectivity index (χ4n) is 6.29. The van der Waals surface area contributed by atoms with Crippen molar-refractivity contribution >= 4 is 50.6 Å². The van der Waals surface area contributed by atoms with Gasteiger partial charge in [-0.15, -0.1) is 0 Å². The molecular weight excluding hydrogens is 487 g/mol. The predicted molar refractivity (Wildman–Crippen MR) is 169 cm³/mol. The van der Waals surface area contributed by atoms with Crippen LogP contribution in [0.1, 0.15) is 5.56 Å². The van der Waals surface area contributed by atoms with Crippen LogP contribution < -0.4 is 20.7 Å². The van der Waals surface area contributed by atoms with Gasteiger partial charge in [-0.25, -0.2) is 0 Å². The minimum atomic E-state index is -2.60. The van der Waals surface area contributed by atoms with Crippen LogP contribution in [-0.2, 0) is 0 Å². The van der Waals surface area contributed by atoms with Crippen molar-refractivity contribution in [3.05, 3.63) is 163 Å². The number of aryl methyl sites for hydroxylation is 1. The topological polar surface area (TPSA) is 4.93 Å². The molecule has 0 saturated carbocycles. The summed E-state index contributed by atoms with van der Waals surface area (Å²) in [5.41, 5.74) is 4.94. The van der Waals surface area contributed by atoms with E-state index in [0.717, 1.165) is 0 Å². The van der Waals surface area contributed by atoms with E-state index in [1.165, 1.54) is 53.8 Å². The van der Waals surface area contributed by atoms with Crippen molar-refractivity contribution in [3.63, 3.8) is 0 Å². The Morgan fingerprint density at radius 1 is 0.410 bits per heavy atom. The number of aromatic nitrogens is 1. The normalized spacial score (nSPS) is 11.7. The summed E-state index contributed by atoms with van der Waals surface area (Å²) in [7, 11) is -2.60. The summed E-state index contributed by atoms with van der Waals surface area (Å²) in [6.45, 7) is 2.19. The molecule has 6 aromatic carbocycles. The second kappa shape index (κ2) is 9.58. The number of benzene rings is 6. The molecule has 0 bridgehead atoms. The highest BCUT2D eigenvalue weighted by Gasteiger charge is 2.28. The molecule has 0 saturated heterocycles. The van der Waals surface area contributed by atoms with E-state index in [1.807, 2.05) is 0 Å². The number of fused-ring (bicyclic) bond motifs is 3. The van der Waals surface area contributed by atoms with E-state index < -0.39 is 8.07 Å². The Hall–Kier alpha value is -4.66. The highest BCUT2D eigenvalue weighted by molar-refractivity contribution is 7.20. The molecule has 0 atom stereocenters. The van der Waals surface area contributed by atoms with Crippen molar-refractivity contribution in [2.75, 3.05) is 0 Å². The minimum Gasteiger partial charge on any atom is -0.309 e. The van der Waals surface area contributed by atoms with Crippen LogP contribution in [0.15, 0.2) is 158 Å². The van der Waals surface area contributed by atoms with Gasteiger partial charge < -0.3 is 4.57 Å². The molecule has 39 heavy (non-hydrogen) atoms. The van der Waals surface area contributed by atoms with Crippen LogP contribution in [0.2, 0.25) is 0 Å². The molecule has 0 aliphatic rings. The first-order valence-electron chi connectivity index (χ1n) is 13.5. The molecule has 0 unspecified atom stereocenters. The third-order valence-corrected chi connectivity index (χ3v) is 12.8. The van der Waals surface area contributed by atoms with Gasteiger partial charge in [-0.05, 0) is 45.3 Å². The third-order valence-electron chi connectivity index (χ3n) is 7.99. The lowest BCUT2D eigenvalue weighted by Crippen LogP contribution is -2.74. The van der Waals surface area contributed by atoms with Crippen molar-refractivity contribution in [1.82, 2.24) is 4.57 Å². The van der Waals surface area contributed by atoms with E-state index in [0.29, 0.717) is 0 Å². The first kappa shape index (κ1) is 23.5. The van der Waals surface area contributed by atoms with Crippen molar-refractivity contribution in [3.8, 4) is 5.69 Å². The molecule has 0 aliphatic heterocycles. The van der Waals surface area contributed by atoms with Crippen LogP contribution in [-0.4, -0.2) is 12.6 Å². The van der Waals surface area contributed by atoms with E-state index in [4.69, 9.17) is 0 Å². The maximum absolute atomic E-state index is 2.60. The third kappa shape index (κ3) is 3.76. The summed E-state index contributed by atoms with van der Waals surface area (Å²) in [5, 5.41) is 8.17. The van der Waals surface area contributed by atoms with Gasteiger partial charge in [0.05, 0.1) is 11.0 Å². The molecule has 0 fully saturated rings. The second-order valence-electron chi connectivity index (χ2n) is 10.3. The summed E-state index contributed by atoms with van der Waals surface area (Å²) in [5.74, 6) is 0. The molecule has 1 heterocycles. The molecule has 187 valence electrons. The van der Waals surface area contributed by atoms with Crippen molar-refractivity contribution < 1.29 is 0 Å². The summed E-state index contributed by atoms with van der Waals surface area (Å²) >= 11 is 0. The molecule has 1 aromatic heterocycles. The number of para-hydroxylation sites is 1. The largest absolute Gasteiger partial charge is 0.309 e. The van der Waals surface area contributed by atoms with Crippen molar-refractivity contribution in [1.29, 1.82) is 0 Å². The molecule has 0 radical (unpaired) electrons. The summed E-state index contributed by atoms with van der Waals surface area (Å²) in [6, 6.07) is 58.2. The Morgan fingerprint density at radius 2 is 0.846 bits per heavy atom. The lowest BCUT2D eigenvalue weighted by molar-refractivity contribution is 1.18. The van der Waals surface area contributed by atoms with Crippen LogP contribution in [0.25, 0.3) is 27.5 Å². The Bertz CT molecular complexity index is 1790. The first-order valence-corrected chi connectivity index (χ1v) is 15.5. The Morgan fingerprint density at radius 3 is 1.36 bits per heavy atom. The average molecular weight is 516 g/mol. The predicted octanol–water partition coefficient (Wildman–Crippen LogP) is 6.47. The van der Waals surface area contributed by atoms with Gasteiger partial charge in [0, 0.05) is 16.5 Å². The molecule has 0 aliphatic carbocycles. The van der Waals surface area contributed by atoms with Gasteiger partial charge in [-0.2, -0.15) is 20.7 Å². The zero-order chi connectivity index (χ0) is 26.2. The smallest absolute Gasteiger partial charge is 0.0541 e. The van der Waals surface area contributed by atoms with Gasteiger partial charge in [0.15, 0.2) is 0 Å². The summed E-state index contributed by atoms with van der Waals surface area (Å²) in [6.07, 6.45) is 0. The maximum Gasteiger partial charge on any atom is 0.0541 e. The second-order valence-corrected chi connectivity index (χ2v) is 14.1. The van der Waals surface area contributed by atoms with Crippen molar-refractivity contribution in [2.45, 2.75) is 6.92 Å². The zero-order valence-corrected chi connectivity index (χ0v) is 23.0. The summed E-state index contributed by atoms with van der Waals surface area (Å²) in [4.78, 5) is 0. The van der Waals surface area contributed by atoms with Crippen LogP contribution in [0.3, 0.4) is 0 Å². The zero-order valence-electron chi connectivity index (χ0n) is 22.0. The number of hydrogen-bond donors (Lipinski definition) is 0.